The zero-order valence-electron chi connectivity index (χ0n) is 12.5. The van der Waals surface area contributed by atoms with E-state index in [9.17, 15) is 13.2 Å². The topological polar surface area (TPSA) is 26.0 Å². The Hall–Kier alpha value is -1.03. The normalized spacial score (nSPS) is 24.8. The van der Waals surface area contributed by atoms with E-state index in [1.54, 1.807) is 0 Å². The van der Waals surface area contributed by atoms with Crippen LogP contribution in [0.25, 0.3) is 0 Å². The van der Waals surface area contributed by atoms with E-state index in [2.05, 4.69) is 31.2 Å². The van der Waals surface area contributed by atoms with Gasteiger partial charge in [0, 0.05) is 6.04 Å². The Morgan fingerprint density at radius 2 is 1.57 bits per heavy atom. The molecule has 1 aliphatic rings. The van der Waals surface area contributed by atoms with Gasteiger partial charge in [-0.15, -0.1) is 0 Å². The molecular formula is C17H24F3N. The van der Waals surface area contributed by atoms with Gasteiger partial charge in [0.15, 0.2) is 0 Å². The lowest BCUT2D eigenvalue weighted by atomic mass is 9.77. The maximum atomic E-state index is 12.7. The highest BCUT2D eigenvalue weighted by atomic mass is 19.4. The van der Waals surface area contributed by atoms with Crippen molar-refractivity contribution in [2.45, 2.75) is 57.7 Å². The summed E-state index contributed by atoms with van der Waals surface area (Å²) < 4.78 is 38.0. The molecule has 2 N–H and O–H groups in total. The van der Waals surface area contributed by atoms with Crippen LogP contribution in [-0.4, -0.2) is 12.2 Å². The molecule has 1 atom stereocenters. The molecule has 0 radical (unpaired) electrons. The van der Waals surface area contributed by atoms with E-state index in [0.29, 0.717) is 12.8 Å². The van der Waals surface area contributed by atoms with Crippen LogP contribution < -0.4 is 5.73 Å². The molecule has 1 unspecified atom stereocenters. The summed E-state index contributed by atoms with van der Waals surface area (Å²) in [4.78, 5) is 0. The van der Waals surface area contributed by atoms with Crippen molar-refractivity contribution in [1.29, 1.82) is 0 Å². The van der Waals surface area contributed by atoms with Crippen LogP contribution in [0.5, 0.6) is 0 Å². The lowest BCUT2D eigenvalue weighted by Gasteiger charge is -2.33. The van der Waals surface area contributed by atoms with Crippen LogP contribution in [0.4, 0.5) is 13.2 Å². The summed E-state index contributed by atoms with van der Waals surface area (Å²) in [6.45, 7) is 2.11. The molecule has 1 aromatic carbocycles. The van der Waals surface area contributed by atoms with E-state index in [1.807, 2.05) is 0 Å². The highest BCUT2D eigenvalue weighted by Crippen LogP contribution is 2.40. The van der Waals surface area contributed by atoms with Crippen LogP contribution in [0, 0.1) is 11.8 Å². The molecule has 1 aromatic rings. The molecule has 1 aliphatic carbocycles. The van der Waals surface area contributed by atoms with Gasteiger partial charge in [-0.3, -0.25) is 0 Å². The second-order valence-electron chi connectivity index (χ2n) is 6.19. The first kappa shape index (κ1) is 16.3. The third-order valence-corrected chi connectivity index (χ3v) is 4.74. The number of hydrogen-bond acceptors (Lipinski definition) is 1. The molecule has 0 spiro atoms. The number of rotatable bonds is 4. The highest BCUT2D eigenvalue weighted by molar-refractivity contribution is 5.23. The molecule has 1 saturated carbocycles. The van der Waals surface area contributed by atoms with Gasteiger partial charge in [0.25, 0.3) is 0 Å². The first-order valence-corrected chi connectivity index (χ1v) is 7.80. The molecule has 21 heavy (non-hydrogen) atoms. The maximum Gasteiger partial charge on any atom is 0.391 e. The van der Waals surface area contributed by atoms with Crippen molar-refractivity contribution in [2.75, 3.05) is 0 Å². The van der Waals surface area contributed by atoms with E-state index < -0.39 is 12.1 Å². The largest absolute Gasteiger partial charge is 0.391 e. The minimum absolute atomic E-state index is 0.0355. The van der Waals surface area contributed by atoms with E-state index >= 15 is 0 Å². The molecule has 1 fully saturated rings. The highest BCUT2D eigenvalue weighted by Gasteiger charge is 2.42. The fourth-order valence-electron chi connectivity index (χ4n) is 3.22. The van der Waals surface area contributed by atoms with Crippen molar-refractivity contribution in [3.8, 4) is 0 Å². The second kappa shape index (κ2) is 6.82. The van der Waals surface area contributed by atoms with Crippen molar-refractivity contribution in [2.24, 2.45) is 17.6 Å². The number of alkyl halides is 3. The Balaban J connectivity index is 1.85. The van der Waals surface area contributed by atoms with Crippen LogP contribution in [-0.2, 0) is 12.8 Å². The Bertz CT molecular complexity index is 430. The van der Waals surface area contributed by atoms with Crippen molar-refractivity contribution in [3.05, 3.63) is 35.4 Å². The van der Waals surface area contributed by atoms with Gasteiger partial charge in [0.2, 0.25) is 0 Å². The van der Waals surface area contributed by atoms with E-state index in [0.717, 1.165) is 12.8 Å². The third kappa shape index (κ3) is 4.47. The summed E-state index contributed by atoms with van der Waals surface area (Å²) in [6, 6.07) is 8.33. The summed E-state index contributed by atoms with van der Waals surface area (Å²) in [6.07, 6.45) is -0.617. The van der Waals surface area contributed by atoms with Gasteiger partial charge in [0.1, 0.15) is 0 Å². The summed E-state index contributed by atoms with van der Waals surface area (Å²) in [5, 5.41) is 0. The lowest BCUT2D eigenvalue weighted by molar-refractivity contribution is -0.184. The fourth-order valence-corrected chi connectivity index (χ4v) is 3.22. The summed E-state index contributed by atoms with van der Waals surface area (Å²) in [5.41, 5.74) is 8.69. The van der Waals surface area contributed by atoms with Crippen LogP contribution in [0.2, 0.25) is 0 Å². The Kier molecular flexibility index (Phi) is 5.31. The molecule has 118 valence electrons. The second-order valence-corrected chi connectivity index (χ2v) is 6.19. The van der Waals surface area contributed by atoms with Gasteiger partial charge in [-0.1, -0.05) is 31.2 Å². The van der Waals surface area contributed by atoms with Gasteiger partial charge < -0.3 is 5.73 Å². The first-order valence-electron chi connectivity index (χ1n) is 7.80. The summed E-state index contributed by atoms with van der Waals surface area (Å²) in [5.74, 6) is -0.903. The van der Waals surface area contributed by atoms with Crippen molar-refractivity contribution in [3.63, 3.8) is 0 Å². The maximum absolute atomic E-state index is 12.7. The van der Waals surface area contributed by atoms with Crippen LogP contribution in [0.1, 0.15) is 43.7 Å². The van der Waals surface area contributed by atoms with Crippen molar-refractivity contribution in [1.82, 2.24) is 0 Å². The Morgan fingerprint density at radius 1 is 1.05 bits per heavy atom. The molecule has 0 heterocycles. The molecule has 0 amide bonds. The average molecular weight is 299 g/mol. The van der Waals surface area contributed by atoms with Gasteiger partial charge in [0.05, 0.1) is 5.92 Å². The zero-order valence-corrected chi connectivity index (χ0v) is 12.5. The van der Waals surface area contributed by atoms with Crippen LogP contribution in [0.15, 0.2) is 24.3 Å². The average Bonchev–Trinajstić information content (AvgIpc) is 2.47. The standard InChI is InChI=1S/C17H24F3N/c1-2-12-3-5-13(6-4-12)11-16(21)14-7-9-15(10-8-14)17(18,19)20/h3-6,14-16H,2,7-11,21H2,1H3. The van der Waals surface area contributed by atoms with E-state index in [4.69, 9.17) is 5.73 Å². The molecule has 0 bridgehead atoms. The first-order chi connectivity index (χ1) is 9.90. The molecular weight excluding hydrogens is 275 g/mol. The number of benzene rings is 1. The minimum Gasteiger partial charge on any atom is -0.327 e. The van der Waals surface area contributed by atoms with Crippen LogP contribution in [0.3, 0.4) is 0 Å². The molecule has 0 aliphatic heterocycles. The predicted molar refractivity (Wildman–Crippen MR) is 79.0 cm³/mol. The monoisotopic (exact) mass is 299 g/mol. The summed E-state index contributed by atoms with van der Waals surface area (Å²) >= 11 is 0. The number of nitrogens with two attached hydrogens (primary N) is 1. The Labute approximate surface area is 124 Å². The van der Waals surface area contributed by atoms with Gasteiger partial charge >= 0.3 is 6.18 Å². The lowest BCUT2D eigenvalue weighted by Crippen LogP contribution is -2.37. The zero-order chi connectivity index (χ0) is 15.5. The van der Waals surface area contributed by atoms with Gasteiger partial charge in [-0.2, -0.15) is 13.2 Å². The smallest absolute Gasteiger partial charge is 0.327 e. The van der Waals surface area contributed by atoms with Crippen molar-refractivity contribution < 1.29 is 13.2 Å². The SMILES string of the molecule is CCc1ccc(CC(N)C2CCC(C(F)(F)F)CC2)cc1. The molecule has 4 heteroatoms. The predicted octanol–water partition coefficient (Wildman–Crippen LogP) is 4.49. The minimum atomic E-state index is -4.04. The Morgan fingerprint density at radius 3 is 2.05 bits per heavy atom. The molecule has 0 saturated heterocycles. The number of aryl methyl sites for hydroxylation is 1. The summed E-state index contributed by atoms with van der Waals surface area (Å²) in [7, 11) is 0. The quantitative estimate of drug-likeness (QED) is 0.871. The van der Waals surface area contributed by atoms with Crippen molar-refractivity contribution >= 4 is 0 Å². The fraction of sp³-hybridized carbons (Fsp3) is 0.647. The third-order valence-electron chi connectivity index (χ3n) is 4.74. The molecule has 2 rings (SSSR count). The molecule has 1 nitrogen and oxygen atoms in total. The molecule has 0 aromatic heterocycles. The van der Waals surface area contributed by atoms with Crippen LogP contribution >= 0.6 is 0 Å². The number of hydrogen-bond donors (Lipinski definition) is 1. The van der Waals surface area contributed by atoms with E-state index in [-0.39, 0.29) is 24.8 Å². The van der Waals surface area contributed by atoms with E-state index in [1.165, 1.54) is 11.1 Å². The van der Waals surface area contributed by atoms with Gasteiger partial charge in [-0.05, 0) is 55.6 Å². The van der Waals surface area contributed by atoms with Gasteiger partial charge in [-0.25, -0.2) is 0 Å². The number of halogens is 3.